The summed E-state index contributed by atoms with van der Waals surface area (Å²) in [6.45, 7) is 14.4. The van der Waals surface area contributed by atoms with Crippen molar-refractivity contribution in [2.75, 3.05) is 26.4 Å². The van der Waals surface area contributed by atoms with E-state index in [1.54, 1.807) is 22.4 Å². The molecule has 2 nitrogen and oxygen atoms in total. The Hall–Kier alpha value is 0.715. The third-order valence-electron chi connectivity index (χ3n) is 1.50. The molecule has 0 fully saturated rings. The van der Waals surface area contributed by atoms with E-state index in [0.717, 1.165) is 45.7 Å². The van der Waals surface area contributed by atoms with Gasteiger partial charge in [-0.1, -0.05) is 34.6 Å². The van der Waals surface area contributed by atoms with Crippen molar-refractivity contribution in [3.63, 3.8) is 0 Å². The van der Waals surface area contributed by atoms with E-state index in [9.17, 15) is 0 Å². The van der Waals surface area contributed by atoms with Gasteiger partial charge in [0.1, 0.15) is 0 Å². The molecule has 0 aromatic heterocycles. The third kappa shape index (κ3) is 38.3. The maximum absolute atomic E-state index is 5.24. The molecule has 0 N–H and O–H groups in total. The van der Waals surface area contributed by atoms with Crippen molar-refractivity contribution in [3.8, 4) is 0 Å². The van der Waals surface area contributed by atoms with Gasteiger partial charge >= 0.3 is 0 Å². The maximum atomic E-state index is 5.24. The molecule has 17 heavy (non-hydrogen) atoms. The van der Waals surface area contributed by atoms with E-state index in [2.05, 4.69) is 40.3 Å². The molecule has 0 unspecified atom stereocenters. The lowest BCUT2D eigenvalue weighted by Gasteiger charge is -2.03. The van der Waals surface area contributed by atoms with E-state index in [1.807, 2.05) is 0 Å². The van der Waals surface area contributed by atoms with E-state index in [4.69, 9.17) is 9.47 Å². The molecule has 0 aromatic carbocycles. The number of halogens is 1. The van der Waals surface area contributed by atoms with Gasteiger partial charge in [0, 0.05) is 26.4 Å². The number of rotatable bonds is 8. The molecule has 0 saturated heterocycles. The lowest BCUT2D eigenvalue weighted by molar-refractivity contribution is 0.110. The quantitative estimate of drug-likeness (QED) is 0.365. The molecule has 0 spiro atoms. The van der Waals surface area contributed by atoms with Crippen LogP contribution in [0, 0.1) is 5.92 Å². The van der Waals surface area contributed by atoms with E-state index in [0.29, 0.717) is 5.92 Å². The van der Waals surface area contributed by atoms with Crippen LogP contribution < -0.4 is 0 Å². The first-order valence-electron chi connectivity index (χ1n) is 6.56. The second kappa shape index (κ2) is 25.5. The molecule has 0 aliphatic carbocycles. The zero-order valence-corrected chi connectivity index (χ0v) is 14.5. The minimum absolute atomic E-state index is 0.682. The van der Waals surface area contributed by atoms with Gasteiger partial charge in [-0.2, -0.15) is 22.4 Å². The fraction of sp³-hybridized carbons (Fsp3) is 1.00. The molecule has 0 amide bonds. The summed E-state index contributed by atoms with van der Waals surface area (Å²) in [5.41, 5.74) is 4.47. The minimum Gasteiger partial charge on any atom is -0.381 e. The molecule has 0 saturated carbocycles. The van der Waals surface area contributed by atoms with Gasteiger partial charge in [-0.25, -0.2) is 0 Å². The van der Waals surface area contributed by atoms with Crippen LogP contribution in [0.3, 0.4) is 0 Å². The van der Waals surface area contributed by atoms with E-state index < -0.39 is 0 Å². The summed E-state index contributed by atoms with van der Waals surface area (Å²) in [5.74, 6) is 0.682. The number of hydrogen-bond donors (Lipinski definition) is 0. The smallest absolute Gasteiger partial charge is 0.169 e. The molecule has 0 atom stereocenters. The van der Waals surface area contributed by atoms with Crippen LogP contribution in [-0.2, 0) is 9.47 Å². The Morgan fingerprint density at radius 3 is 1.47 bits per heavy atom. The Balaban J connectivity index is -0.000000202. The fourth-order valence-corrected chi connectivity index (χ4v) is 0.854. The predicted molar refractivity (Wildman–Crippen MR) is 87.1 cm³/mol. The Bertz CT molecular complexity index is 99.4. The number of hydrogen-bond acceptors (Lipinski definition) is 2. The molecular weight excluding hydrogens is 326 g/mol. The van der Waals surface area contributed by atoms with Gasteiger partial charge < -0.3 is 9.47 Å². The summed E-state index contributed by atoms with van der Waals surface area (Å²) in [6, 6.07) is 0. The fourth-order valence-electron chi connectivity index (χ4n) is 0.854. The summed E-state index contributed by atoms with van der Waals surface area (Å²) in [4.78, 5) is 0. The highest BCUT2D eigenvalue weighted by Crippen LogP contribution is 1.92. The van der Waals surface area contributed by atoms with Crippen molar-refractivity contribution in [1.82, 2.24) is 0 Å². The summed E-state index contributed by atoms with van der Waals surface area (Å²) in [5, 5.41) is 0. The van der Waals surface area contributed by atoms with Crippen LogP contribution in [0.2, 0.25) is 0 Å². The van der Waals surface area contributed by atoms with Crippen molar-refractivity contribution >= 4 is 28.1 Å². The summed E-state index contributed by atoms with van der Waals surface area (Å²) in [6.07, 6.45) is 3.41. The standard InChI is InChI=1S/C7H16O.C6H14O.BI/c1-4-5-8-6-7(2)3;1-3-5-7-6-4-2;1-2/h7H,4-6H2,1-3H3;3-6H2,1-2H3;. The number of ether oxygens (including phenoxy) is 2. The van der Waals surface area contributed by atoms with E-state index in [-0.39, 0.29) is 0 Å². The van der Waals surface area contributed by atoms with Gasteiger partial charge in [0.25, 0.3) is 0 Å². The third-order valence-corrected chi connectivity index (χ3v) is 1.50. The Morgan fingerprint density at radius 2 is 1.18 bits per heavy atom. The van der Waals surface area contributed by atoms with Crippen molar-refractivity contribution in [2.24, 2.45) is 5.92 Å². The molecule has 0 aromatic rings. The molecule has 0 aliphatic heterocycles. The molecule has 4 heteroatoms. The van der Waals surface area contributed by atoms with Crippen molar-refractivity contribution in [2.45, 2.75) is 53.9 Å². The zero-order valence-electron chi connectivity index (χ0n) is 12.3. The van der Waals surface area contributed by atoms with Crippen LogP contribution in [0.5, 0.6) is 0 Å². The second-order valence-electron chi connectivity index (χ2n) is 4.08. The lowest BCUT2D eigenvalue weighted by atomic mass is 10.2. The highest BCUT2D eigenvalue weighted by atomic mass is 127. The topological polar surface area (TPSA) is 18.5 Å². The molecule has 0 rings (SSSR count). The highest BCUT2D eigenvalue weighted by Gasteiger charge is 1.90. The minimum atomic E-state index is 0.682. The van der Waals surface area contributed by atoms with Crippen molar-refractivity contribution < 1.29 is 9.47 Å². The molecule has 0 bridgehead atoms. The normalized spacial score (nSPS) is 9.12. The SMILES string of the molecule is CCCOCC(C)C.CCCOCCC.[B]I. The zero-order chi connectivity index (χ0) is 13.9. The molecule has 0 heterocycles. The monoisotopic (exact) mass is 356 g/mol. The van der Waals surface area contributed by atoms with Gasteiger partial charge in [0.15, 0.2) is 5.70 Å². The molecular formula is C13H30BIO2. The second-order valence-corrected chi connectivity index (χ2v) is 4.08. The van der Waals surface area contributed by atoms with Crippen LogP contribution in [-0.4, -0.2) is 32.1 Å². The summed E-state index contributed by atoms with van der Waals surface area (Å²) in [7, 11) is 0. The molecule has 104 valence electrons. The summed E-state index contributed by atoms with van der Waals surface area (Å²) < 4.78 is 10.4. The van der Waals surface area contributed by atoms with Gasteiger partial charge in [0.05, 0.1) is 0 Å². The molecule has 2 radical (unpaired) electrons. The first kappa shape index (κ1) is 22.9. The van der Waals surface area contributed by atoms with Crippen molar-refractivity contribution in [1.29, 1.82) is 0 Å². The van der Waals surface area contributed by atoms with E-state index >= 15 is 0 Å². The highest BCUT2D eigenvalue weighted by molar-refractivity contribution is 14.1. The van der Waals surface area contributed by atoms with Crippen LogP contribution in [0.4, 0.5) is 0 Å². The van der Waals surface area contributed by atoms with Crippen LogP contribution in [0.25, 0.3) is 0 Å². The van der Waals surface area contributed by atoms with E-state index in [1.165, 1.54) is 0 Å². The largest absolute Gasteiger partial charge is 0.381 e. The van der Waals surface area contributed by atoms with Crippen LogP contribution >= 0.6 is 22.4 Å². The Labute approximate surface area is 124 Å². The lowest BCUT2D eigenvalue weighted by Crippen LogP contribution is -2.01. The summed E-state index contributed by atoms with van der Waals surface area (Å²) >= 11 is 1.65. The average Bonchev–Trinajstić information content (AvgIpc) is 2.33. The maximum Gasteiger partial charge on any atom is 0.169 e. The first-order chi connectivity index (χ1) is 8.18. The van der Waals surface area contributed by atoms with Crippen molar-refractivity contribution in [3.05, 3.63) is 0 Å². The van der Waals surface area contributed by atoms with Gasteiger partial charge in [-0.15, -0.1) is 0 Å². The predicted octanol–water partition coefficient (Wildman–Crippen LogP) is 4.40. The van der Waals surface area contributed by atoms with Crippen LogP contribution in [0.15, 0.2) is 0 Å². The van der Waals surface area contributed by atoms with Gasteiger partial charge in [-0.05, 0) is 25.2 Å². The first-order valence-corrected chi connectivity index (χ1v) is 7.80. The van der Waals surface area contributed by atoms with Gasteiger partial charge in [-0.3, -0.25) is 0 Å². The average molecular weight is 356 g/mol. The van der Waals surface area contributed by atoms with Gasteiger partial charge in [0.2, 0.25) is 0 Å². The molecule has 0 aliphatic rings. The van der Waals surface area contributed by atoms with Crippen LogP contribution in [0.1, 0.15) is 53.9 Å². The Morgan fingerprint density at radius 1 is 0.824 bits per heavy atom. The Kier molecular flexibility index (Phi) is 34.3.